The van der Waals surface area contributed by atoms with Crippen LogP contribution in [0.2, 0.25) is 0 Å². The van der Waals surface area contributed by atoms with Gasteiger partial charge < -0.3 is 0 Å². The van der Waals surface area contributed by atoms with Gasteiger partial charge in [0.05, 0.1) is 0 Å². The SMILES string of the molecule is C\C=C/N=C1\CCC\C1=C/C(C)C. The van der Waals surface area contributed by atoms with Crippen molar-refractivity contribution in [2.45, 2.75) is 40.0 Å². The van der Waals surface area contributed by atoms with E-state index >= 15 is 0 Å². The summed E-state index contributed by atoms with van der Waals surface area (Å²) < 4.78 is 0. The van der Waals surface area contributed by atoms with Crippen LogP contribution in [0.25, 0.3) is 0 Å². The topological polar surface area (TPSA) is 12.4 Å². The fourth-order valence-corrected chi connectivity index (χ4v) is 1.64. The lowest BCUT2D eigenvalue weighted by Gasteiger charge is -2.01. The van der Waals surface area contributed by atoms with Crippen LogP contribution in [0.5, 0.6) is 0 Å². The zero-order chi connectivity index (χ0) is 9.68. The number of rotatable bonds is 2. The largest absolute Gasteiger partial charge is 0.261 e. The van der Waals surface area contributed by atoms with E-state index in [0.29, 0.717) is 5.92 Å². The maximum Gasteiger partial charge on any atom is 0.0432 e. The van der Waals surface area contributed by atoms with Gasteiger partial charge in [-0.3, -0.25) is 4.99 Å². The summed E-state index contributed by atoms with van der Waals surface area (Å²) in [6.07, 6.45) is 9.87. The average Bonchev–Trinajstić information content (AvgIpc) is 2.48. The minimum atomic E-state index is 0.643. The molecule has 0 saturated heterocycles. The second kappa shape index (κ2) is 5.00. The Morgan fingerprint density at radius 2 is 2.08 bits per heavy atom. The minimum Gasteiger partial charge on any atom is -0.261 e. The first-order valence-electron chi connectivity index (χ1n) is 5.13. The lowest BCUT2D eigenvalue weighted by atomic mass is 10.1. The number of hydrogen-bond donors (Lipinski definition) is 0. The predicted molar refractivity (Wildman–Crippen MR) is 59.0 cm³/mol. The molecule has 1 rings (SSSR count). The zero-order valence-electron chi connectivity index (χ0n) is 8.88. The van der Waals surface area contributed by atoms with E-state index in [1.807, 2.05) is 19.2 Å². The van der Waals surface area contributed by atoms with Gasteiger partial charge in [0.2, 0.25) is 0 Å². The molecule has 0 aliphatic heterocycles. The van der Waals surface area contributed by atoms with Crippen LogP contribution in [0.4, 0.5) is 0 Å². The summed E-state index contributed by atoms with van der Waals surface area (Å²) in [7, 11) is 0. The smallest absolute Gasteiger partial charge is 0.0432 e. The Hall–Kier alpha value is -0.850. The van der Waals surface area contributed by atoms with Crippen LogP contribution < -0.4 is 0 Å². The summed E-state index contributed by atoms with van der Waals surface area (Å²) in [5.41, 5.74) is 2.76. The summed E-state index contributed by atoms with van der Waals surface area (Å²) in [6.45, 7) is 6.45. The fraction of sp³-hybridized carbons (Fsp3) is 0.583. The maximum absolute atomic E-state index is 4.44. The monoisotopic (exact) mass is 177 g/mol. The van der Waals surface area contributed by atoms with Gasteiger partial charge in [-0.1, -0.05) is 26.0 Å². The van der Waals surface area contributed by atoms with E-state index < -0.39 is 0 Å². The molecule has 0 unspecified atom stereocenters. The molecule has 0 spiro atoms. The van der Waals surface area contributed by atoms with Crippen molar-refractivity contribution in [2.75, 3.05) is 0 Å². The first-order valence-corrected chi connectivity index (χ1v) is 5.13. The van der Waals surface area contributed by atoms with Crippen molar-refractivity contribution in [1.29, 1.82) is 0 Å². The summed E-state index contributed by atoms with van der Waals surface area (Å²) in [5, 5.41) is 0. The van der Waals surface area contributed by atoms with Gasteiger partial charge in [0.1, 0.15) is 0 Å². The first-order chi connectivity index (χ1) is 6.24. The third-order valence-corrected chi connectivity index (χ3v) is 2.14. The highest BCUT2D eigenvalue weighted by molar-refractivity contribution is 6.02. The Bertz CT molecular complexity index is 244. The van der Waals surface area contributed by atoms with Crippen molar-refractivity contribution in [3.8, 4) is 0 Å². The van der Waals surface area contributed by atoms with Crippen molar-refractivity contribution < 1.29 is 0 Å². The van der Waals surface area contributed by atoms with E-state index in [-0.39, 0.29) is 0 Å². The summed E-state index contributed by atoms with van der Waals surface area (Å²) in [4.78, 5) is 4.44. The Morgan fingerprint density at radius 3 is 2.69 bits per heavy atom. The van der Waals surface area contributed by atoms with Gasteiger partial charge in [-0.25, -0.2) is 0 Å². The fourth-order valence-electron chi connectivity index (χ4n) is 1.64. The van der Waals surface area contributed by atoms with E-state index in [1.54, 1.807) is 0 Å². The molecule has 72 valence electrons. The van der Waals surface area contributed by atoms with Crippen LogP contribution in [0.15, 0.2) is 28.9 Å². The molecular weight excluding hydrogens is 158 g/mol. The molecular formula is C12H19N. The Labute approximate surface area is 81.3 Å². The van der Waals surface area contributed by atoms with E-state index in [0.717, 1.165) is 6.42 Å². The molecule has 1 aliphatic carbocycles. The number of aliphatic imine (C=N–C) groups is 1. The second-order valence-corrected chi connectivity index (χ2v) is 3.85. The van der Waals surface area contributed by atoms with E-state index in [1.165, 1.54) is 24.1 Å². The number of hydrogen-bond acceptors (Lipinski definition) is 1. The molecule has 1 fully saturated rings. The van der Waals surface area contributed by atoms with Crippen molar-refractivity contribution in [2.24, 2.45) is 10.9 Å². The highest BCUT2D eigenvalue weighted by Crippen LogP contribution is 2.23. The summed E-state index contributed by atoms with van der Waals surface area (Å²) in [6, 6.07) is 0. The van der Waals surface area contributed by atoms with Gasteiger partial charge in [0.15, 0.2) is 0 Å². The van der Waals surface area contributed by atoms with Crippen molar-refractivity contribution >= 4 is 5.71 Å². The van der Waals surface area contributed by atoms with Gasteiger partial charge >= 0.3 is 0 Å². The van der Waals surface area contributed by atoms with Crippen molar-refractivity contribution in [1.82, 2.24) is 0 Å². The number of allylic oxidation sites excluding steroid dienone is 3. The Kier molecular flexibility index (Phi) is 3.94. The van der Waals surface area contributed by atoms with Gasteiger partial charge in [-0.15, -0.1) is 0 Å². The number of nitrogens with zero attached hydrogens (tertiary/aromatic N) is 1. The van der Waals surface area contributed by atoms with E-state index in [4.69, 9.17) is 0 Å². The first kappa shape index (κ1) is 10.2. The van der Waals surface area contributed by atoms with E-state index in [9.17, 15) is 0 Å². The van der Waals surface area contributed by atoms with E-state index in [2.05, 4.69) is 24.9 Å². The van der Waals surface area contributed by atoms with Gasteiger partial charge in [-0.05, 0) is 37.7 Å². The van der Waals surface area contributed by atoms with Gasteiger partial charge in [0, 0.05) is 11.9 Å². The minimum absolute atomic E-state index is 0.643. The lowest BCUT2D eigenvalue weighted by Crippen LogP contribution is -1.94. The third kappa shape index (κ3) is 3.17. The molecule has 0 aromatic heterocycles. The van der Waals surface area contributed by atoms with Crippen LogP contribution >= 0.6 is 0 Å². The molecule has 0 atom stereocenters. The van der Waals surface area contributed by atoms with Crippen LogP contribution in [0, 0.1) is 5.92 Å². The van der Waals surface area contributed by atoms with Crippen LogP contribution in [-0.2, 0) is 0 Å². The molecule has 1 nitrogen and oxygen atoms in total. The quantitative estimate of drug-likeness (QED) is 0.609. The molecule has 1 saturated carbocycles. The lowest BCUT2D eigenvalue weighted by molar-refractivity contribution is 0.818. The van der Waals surface area contributed by atoms with Crippen LogP contribution in [0.1, 0.15) is 40.0 Å². The standard InChI is InChI=1S/C12H19N/c1-4-8-13-12-7-5-6-11(12)9-10(2)3/h4,8-10H,5-7H2,1-3H3/b8-4-,11-9+,13-12+. The summed E-state index contributed by atoms with van der Waals surface area (Å²) in [5.74, 6) is 0.643. The molecule has 0 radical (unpaired) electrons. The Morgan fingerprint density at radius 1 is 1.31 bits per heavy atom. The normalized spacial score (nSPS) is 24.3. The molecule has 0 N–H and O–H groups in total. The van der Waals surface area contributed by atoms with Crippen LogP contribution in [0.3, 0.4) is 0 Å². The predicted octanol–water partition coefficient (Wildman–Crippen LogP) is 3.73. The highest BCUT2D eigenvalue weighted by Gasteiger charge is 2.14. The van der Waals surface area contributed by atoms with Crippen molar-refractivity contribution in [3.63, 3.8) is 0 Å². The molecule has 0 heterocycles. The van der Waals surface area contributed by atoms with Crippen LogP contribution in [-0.4, -0.2) is 5.71 Å². The highest BCUT2D eigenvalue weighted by atomic mass is 14.7. The zero-order valence-corrected chi connectivity index (χ0v) is 8.88. The second-order valence-electron chi connectivity index (χ2n) is 3.85. The Balaban J connectivity index is 2.74. The molecule has 0 aromatic carbocycles. The van der Waals surface area contributed by atoms with Crippen molar-refractivity contribution in [3.05, 3.63) is 23.9 Å². The molecule has 0 aromatic rings. The maximum atomic E-state index is 4.44. The van der Waals surface area contributed by atoms with Gasteiger partial charge in [0.25, 0.3) is 0 Å². The molecule has 1 aliphatic rings. The average molecular weight is 177 g/mol. The third-order valence-electron chi connectivity index (χ3n) is 2.14. The molecule has 1 heteroatoms. The summed E-state index contributed by atoms with van der Waals surface area (Å²) >= 11 is 0. The molecule has 0 bridgehead atoms. The molecule has 13 heavy (non-hydrogen) atoms. The van der Waals surface area contributed by atoms with Gasteiger partial charge in [-0.2, -0.15) is 0 Å². The molecule has 0 amide bonds.